The maximum absolute atomic E-state index is 10.5. The van der Waals surface area contributed by atoms with E-state index in [2.05, 4.69) is 20.3 Å². The molecule has 0 aliphatic rings. The zero-order valence-electron chi connectivity index (χ0n) is 9.72. The molecule has 3 aromatic rings. The first-order valence-corrected chi connectivity index (χ1v) is 6.39. The molecule has 0 aliphatic heterocycles. The first-order chi connectivity index (χ1) is 9.24. The van der Waals surface area contributed by atoms with E-state index in [0.717, 1.165) is 10.6 Å². The molecular weight excluding hydrogens is 266 g/mol. The molecule has 3 rings (SSSR count). The van der Waals surface area contributed by atoms with E-state index in [-0.39, 0.29) is 6.42 Å². The molecule has 3 aromatic heterocycles. The van der Waals surface area contributed by atoms with Crippen LogP contribution in [0.2, 0.25) is 0 Å². The Morgan fingerprint density at radius 2 is 2.11 bits per heavy atom. The number of hydrogen-bond donors (Lipinski definition) is 1. The summed E-state index contributed by atoms with van der Waals surface area (Å²) in [7, 11) is 0. The molecule has 0 saturated carbocycles. The van der Waals surface area contributed by atoms with Crippen molar-refractivity contribution in [2.24, 2.45) is 0 Å². The predicted octanol–water partition coefficient (Wildman–Crippen LogP) is 1.26. The average Bonchev–Trinajstić information content (AvgIpc) is 2.96. The highest BCUT2D eigenvalue weighted by molar-refractivity contribution is 7.16. The Labute approximate surface area is 111 Å². The molecule has 0 bridgehead atoms. The Balaban J connectivity index is 1.96. The van der Waals surface area contributed by atoms with Gasteiger partial charge in [-0.1, -0.05) is 11.3 Å². The zero-order valence-corrected chi connectivity index (χ0v) is 10.5. The summed E-state index contributed by atoms with van der Waals surface area (Å²) in [5.41, 5.74) is 0.873. The van der Waals surface area contributed by atoms with Crippen LogP contribution in [-0.4, -0.2) is 35.9 Å². The summed E-state index contributed by atoms with van der Waals surface area (Å²) in [6.07, 6.45) is 3.82. The van der Waals surface area contributed by atoms with Crippen molar-refractivity contribution >= 4 is 22.3 Å². The topological polar surface area (TPSA) is 93.3 Å². The smallest absolute Gasteiger partial charge is 0.303 e. The fraction of sp³-hybridized carbons (Fsp3) is 0.182. The molecule has 1 N–H and O–H groups in total. The Bertz CT molecular complexity index is 721. The first kappa shape index (κ1) is 11.7. The SMILES string of the molecule is O=C(O)CCc1nn2c(-c3ccncc3)nnc2s1. The van der Waals surface area contributed by atoms with Crippen LogP contribution in [0.15, 0.2) is 24.5 Å². The molecule has 8 heteroatoms. The largest absolute Gasteiger partial charge is 0.481 e. The lowest BCUT2D eigenvalue weighted by Crippen LogP contribution is -1.98. The minimum atomic E-state index is -0.833. The van der Waals surface area contributed by atoms with Gasteiger partial charge in [0, 0.05) is 24.4 Å². The van der Waals surface area contributed by atoms with Crippen molar-refractivity contribution in [3.05, 3.63) is 29.5 Å². The van der Waals surface area contributed by atoms with Crippen LogP contribution in [0.4, 0.5) is 0 Å². The Hall–Kier alpha value is -2.35. The van der Waals surface area contributed by atoms with Gasteiger partial charge in [0.2, 0.25) is 4.96 Å². The summed E-state index contributed by atoms with van der Waals surface area (Å²) in [6, 6.07) is 3.65. The normalized spacial score (nSPS) is 10.9. The molecule has 19 heavy (non-hydrogen) atoms. The molecule has 0 atom stereocenters. The first-order valence-electron chi connectivity index (χ1n) is 5.57. The van der Waals surface area contributed by atoms with Crippen molar-refractivity contribution in [3.63, 3.8) is 0 Å². The summed E-state index contributed by atoms with van der Waals surface area (Å²) >= 11 is 1.35. The van der Waals surface area contributed by atoms with Gasteiger partial charge in [-0.25, -0.2) is 0 Å². The van der Waals surface area contributed by atoms with E-state index in [9.17, 15) is 4.79 Å². The van der Waals surface area contributed by atoms with Crippen LogP contribution < -0.4 is 0 Å². The highest BCUT2D eigenvalue weighted by Crippen LogP contribution is 2.21. The molecular formula is C11H9N5O2S. The van der Waals surface area contributed by atoms with Gasteiger partial charge in [-0.05, 0) is 12.1 Å². The van der Waals surface area contributed by atoms with Gasteiger partial charge in [0.15, 0.2) is 5.82 Å². The second-order valence-electron chi connectivity index (χ2n) is 3.84. The van der Waals surface area contributed by atoms with Gasteiger partial charge in [-0.3, -0.25) is 9.78 Å². The number of pyridine rings is 1. The maximum Gasteiger partial charge on any atom is 0.303 e. The zero-order chi connectivity index (χ0) is 13.2. The summed E-state index contributed by atoms with van der Waals surface area (Å²) in [6.45, 7) is 0. The number of carbonyl (C=O) groups is 1. The quantitative estimate of drug-likeness (QED) is 0.770. The molecule has 0 spiro atoms. The molecule has 0 unspecified atom stereocenters. The van der Waals surface area contributed by atoms with E-state index in [1.807, 2.05) is 12.1 Å². The monoisotopic (exact) mass is 275 g/mol. The van der Waals surface area contributed by atoms with Crippen LogP contribution in [0.1, 0.15) is 11.4 Å². The Morgan fingerprint density at radius 3 is 2.84 bits per heavy atom. The van der Waals surface area contributed by atoms with Crippen molar-refractivity contribution in [1.29, 1.82) is 0 Å². The van der Waals surface area contributed by atoms with Gasteiger partial charge in [0.25, 0.3) is 0 Å². The molecule has 0 aromatic carbocycles. The number of nitrogens with zero attached hydrogens (tertiary/aromatic N) is 5. The Morgan fingerprint density at radius 1 is 1.32 bits per heavy atom. The number of aryl methyl sites for hydroxylation is 1. The van der Waals surface area contributed by atoms with Crippen molar-refractivity contribution in [1.82, 2.24) is 24.8 Å². The van der Waals surface area contributed by atoms with Gasteiger partial charge in [0.05, 0.1) is 6.42 Å². The number of carboxylic acid groups (broad SMARTS) is 1. The Kier molecular flexibility index (Phi) is 2.92. The second kappa shape index (κ2) is 4.73. The second-order valence-corrected chi connectivity index (χ2v) is 4.88. The van der Waals surface area contributed by atoms with Crippen molar-refractivity contribution in [2.45, 2.75) is 12.8 Å². The molecule has 0 amide bonds. The van der Waals surface area contributed by atoms with E-state index in [1.165, 1.54) is 11.3 Å². The number of carboxylic acids is 1. The summed E-state index contributed by atoms with van der Waals surface area (Å²) in [4.78, 5) is 15.2. The number of hydrogen-bond acceptors (Lipinski definition) is 6. The molecule has 0 radical (unpaired) electrons. The third-order valence-electron chi connectivity index (χ3n) is 2.52. The third-order valence-corrected chi connectivity index (χ3v) is 3.48. The number of rotatable bonds is 4. The standard InChI is InChI=1S/C11H9N5O2S/c17-9(18)2-1-8-15-16-10(13-14-11(16)19-8)7-3-5-12-6-4-7/h3-6H,1-2H2,(H,17,18). The number of fused-ring (bicyclic) bond motifs is 1. The molecule has 96 valence electrons. The van der Waals surface area contributed by atoms with Crippen LogP contribution in [0.3, 0.4) is 0 Å². The van der Waals surface area contributed by atoms with Gasteiger partial charge < -0.3 is 5.11 Å². The predicted molar refractivity (Wildman–Crippen MR) is 67.8 cm³/mol. The van der Waals surface area contributed by atoms with Gasteiger partial charge in [0.1, 0.15) is 5.01 Å². The lowest BCUT2D eigenvalue weighted by molar-refractivity contribution is -0.136. The fourth-order valence-corrected chi connectivity index (χ4v) is 2.49. The van der Waals surface area contributed by atoms with Crippen molar-refractivity contribution in [3.8, 4) is 11.4 Å². The average molecular weight is 275 g/mol. The van der Waals surface area contributed by atoms with Crippen LogP contribution in [0.5, 0.6) is 0 Å². The van der Waals surface area contributed by atoms with E-state index in [4.69, 9.17) is 5.11 Å². The van der Waals surface area contributed by atoms with E-state index >= 15 is 0 Å². The van der Waals surface area contributed by atoms with Gasteiger partial charge in [-0.15, -0.1) is 10.2 Å². The van der Waals surface area contributed by atoms with Crippen LogP contribution >= 0.6 is 11.3 Å². The maximum atomic E-state index is 10.5. The number of aromatic nitrogens is 5. The van der Waals surface area contributed by atoms with Crippen LogP contribution in [0.25, 0.3) is 16.3 Å². The molecule has 0 fully saturated rings. The number of aliphatic carboxylic acids is 1. The van der Waals surface area contributed by atoms with Crippen molar-refractivity contribution in [2.75, 3.05) is 0 Å². The minimum absolute atomic E-state index is 0.0642. The van der Waals surface area contributed by atoms with Crippen molar-refractivity contribution < 1.29 is 9.90 Å². The fourth-order valence-electron chi connectivity index (χ4n) is 1.65. The highest BCUT2D eigenvalue weighted by Gasteiger charge is 2.13. The van der Waals surface area contributed by atoms with E-state index in [0.29, 0.717) is 17.2 Å². The van der Waals surface area contributed by atoms with Crippen LogP contribution in [-0.2, 0) is 11.2 Å². The third kappa shape index (κ3) is 2.29. The van der Waals surface area contributed by atoms with Crippen LogP contribution in [0, 0.1) is 0 Å². The molecule has 0 aliphatic carbocycles. The molecule has 0 saturated heterocycles. The lowest BCUT2D eigenvalue weighted by atomic mass is 10.2. The van der Waals surface area contributed by atoms with Gasteiger partial charge in [-0.2, -0.15) is 9.61 Å². The van der Waals surface area contributed by atoms with Gasteiger partial charge >= 0.3 is 5.97 Å². The summed E-state index contributed by atoms with van der Waals surface area (Å²) in [5, 5.41) is 21.9. The molecule has 3 heterocycles. The van der Waals surface area contributed by atoms with E-state index in [1.54, 1.807) is 16.9 Å². The lowest BCUT2D eigenvalue weighted by Gasteiger charge is -1.95. The highest BCUT2D eigenvalue weighted by atomic mass is 32.1. The summed E-state index contributed by atoms with van der Waals surface area (Å²) in [5.74, 6) is -0.199. The van der Waals surface area contributed by atoms with E-state index < -0.39 is 5.97 Å². The summed E-state index contributed by atoms with van der Waals surface area (Å²) < 4.78 is 1.64. The minimum Gasteiger partial charge on any atom is -0.481 e. The molecule has 7 nitrogen and oxygen atoms in total.